The Labute approximate surface area is 125 Å². The Morgan fingerprint density at radius 3 is 2.48 bits per heavy atom. The van der Waals surface area contributed by atoms with Crippen molar-refractivity contribution in [2.24, 2.45) is 0 Å². The molecule has 0 unspecified atom stereocenters. The molecule has 0 radical (unpaired) electrons. The number of hydrogen-bond donors (Lipinski definition) is 0. The van der Waals surface area contributed by atoms with E-state index in [1.807, 2.05) is 29.3 Å². The lowest BCUT2D eigenvalue weighted by atomic mass is 9.86. The van der Waals surface area contributed by atoms with Gasteiger partial charge in [0.1, 0.15) is 0 Å². The van der Waals surface area contributed by atoms with E-state index in [-0.39, 0.29) is 5.54 Å². The minimum Gasteiger partial charge on any atom is -0.331 e. The van der Waals surface area contributed by atoms with Gasteiger partial charge in [-0.2, -0.15) is 0 Å². The molecule has 1 aromatic heterocycles. The zero-order valence-corrected chi connectivity index (χ0v) is 12.1. The van der Waals surface area contributed by atoms with Gasteiger partial charge in [0.2, 0.25) is 6.41 Å². The number of benzene rings is 1. The minimum atomic E-state index is -0.154. The molecule has 3 rings (SSSR count). The largest absolute Gasteiger partial charge is 0.331 e. The third-order valence-electron chi connectivity index (χ3n) is 4.49. The second kappa shape index (κ2) is 6.08. The van der Waals surface area contributed by atoms with Crippen molar-refractivity contribution in [3.05, 3.63) is 66.0 Å². The number of hydrogen-bond acceptors (Lipinski definition) is 2. The summed E-state index contributed by atoms with van der Waals surface area (Å²) in [6.45, 7) is 0.617. The van der Waals surface area contributed by atoms with E-state index in [0.717, 1.165) is 24.8 Å². The van der Waals surface area contributed by atoms with Crippen LogP contribution < -0.4 is 0 Å². The molecule has 1 heterocycles. The van der Waals surface area contributed by atoms with Gasteiger partial charge in [-0.3, -0.25) is 9.78 Å². The maximum atomic E-state index is 11.8. The summed E-state index contributed by atoms with van der Waals surface area (Å²) in [7, 11) is 0. The average molecular weight is 280 g/mol. The maximum Gasteiger partial charge on any atom is 0.210 e. The molecule has 1 aliphatic rings. The van der Waals surface area contributed by atoms with Crippen LogP contribution in [-0.4, -0.2) is 16.3 Å². The van der Waals surface area contributed by atoms with Crippen molar-refractivity contribution >= 4 is 6.41 Å². The van der Waals surface area contributed by atoms with Crippen molar-refractivity contribution in [2.75, 3.05) is 0 Å². The molecule has 0 aliphatic heterocycles. The van der Waals surface area contributed by atoms with Crippen molar-refractivity contribution in [1.82, 2.24) is 9.88 Å². The number of carbonyl (C=O) groups is 1. The molecule has 0 spiro atoms. The highest BCUT2D eigenvalue weighted by Crippen LogP contribution is 2.43. The highest BCUT2D eigenvalue weighted by molar-refractivity contribution is 5.51. The summed E-state index contributed by atoms with van der Waals surface area (Å²) in [6.07, 6.45) is 9.03. The molecular formula is C18H20N2O. The highest BCUT2D eigenvalue weighted by Gasteiger charge is 2.40. The molecule has 2 aromatic rings. The first-order valence-electron chi connectivity index (χ1n) is 7.52. The summed E-state index contributed by atoms with van der Waals surface area (Å²) in [4.78, 5) is 17.9. The van der Waals surface area contributed by atoms with Crippen LogP contribution in [0.2, 0.25) is 0 Å². The van der Waals surface area contributed by atoms with Crippen LogP contribution in [0.3, 0.4) is 0 Å². The molecule has 1 aliphatic carbocycles. The van der Waals surface area contributed by atoms with Gasteiger partial charge >= 0.3 is 0 Å². The van der Waals surface area contributed by atoms with E-state index in [0.29, 0.717) is 6.54 Å². The zero-order valence-electron chi connectivity index (χ0n) is 12.1. The highest BCUT2D eigenvalue weighted by atomic mass is 16.1. The van der Waals surface area contributed by atoms with Crippen molar-refractivity contribution in [3.8, 4) is 0 Å². The van der Waals surface area contributed by atoms with Crippen LogP contribution in [0.1, 0.15) is 36.8 Å². The molecule has 3 nitrogen and oxygen atoms in total. The summed E-state index contributed by atoms with van der Waals surface area (Å²) < 4.78 is 0. The first-order valence-corrected chi connectivity index (χ1v) is 7.52. The fourth-order valence-corrected chi connectivity index (χ4v) is 3.43. The third-order valence-corrected chi connectivity index (χ3v) is 4.49. The van der Waals surface area contributed by atoms with E-state index in [4.69, 9.17) is 0 Å². The Balaban J connectivity index is 1.93. The van der Waals surface area contributed by atoms with E-state index in [1.165, 1.54) is 18.4 Å². The SMILES string of the molecule is O=CN(Cc1cccnc1)C1(c2ccccc2)CCCC1. The molecule has 108 valence electrons. The number of amides is 1. The number of carbonyl (C=O) groups excluding carboxylic acids is 1. The van der Waals surface area contributed by atoms with Crippen molar-refractivity contribution in [2.45, 2.75) is 37.8 Å². The van der Waals surface area contributed by atoms with E-state index in [2.05, 4.69) is 29.2 Å². The Morgan fingerprint density at radius 2 is 1.86 bits per heavy atom. The Bertz CT molecular complexity index is 577. The predicted octanol–water partition coefficient (Wildman–Crippen LogP) is 3.51. The van der Waals surface area contributed by atoms with Crippen LogP contribution in [0.25, 0.3) is 0 Å². The van der Waals surface area contributed by atoms with Crippen molar-refractivity contribution in [3.63, 3.8) is 0 Å². The normalized spacial score (nSPS) is 16.6. The molecule has 0 atom stereocenters. The van der Waals surface area contributed by atoms with Gasteiger partial charge in [0.15, 0.2) is 0 Å². The Hall–Kier alpha value is -2.16. The second-order valence-electron chi connectivity index (χ2n) is 5.70. The Morgan fingerprint density at radius 1 is 1.10 bits per heavy atom. The molecule has 1 aromatic carbocycles. The fraction of sp³-hybridized carbons (Fsp3) is 0.333. The van der Waals surface area contributed by atoms with E-state index >= 15 is 0 Å². The number of nitrogens with zero attached hydrogens (tertiary/aromatic N) is 2. The lowest BCUT2D eigenvalue weighted by Gasteiger charge is -2.39. The van der Waals surface area contributed by atoms with Gasteiger partial charge < -0.3 is 4.90 Å². The summed E-state index contributed by atoms with van der Waals surface area (Å²) in [5, 5.41) is 0. The molecule has 1 fully saturated rings. The van der Waals surface area contributed by atoms with Gasteiger partial charge in [0, 0.05) is 18.9 Å². The quantitative estimate of drug-likeness (QED) is 0.785. The van der Waals surface area contributed by atoms with Crippen LogP contribution >= 0.6 is 0 Å². The van der Waals surface area contributed by atoms with E-state index < -0.39 is 0 Å². The standard InChI is InChI=1S/C18H20N2O/c21-15-20(14-16-7-6-12-19-13-16)18(10-4-5-11-18)17-8-2-1-3-9-17/h1-3,6-9,12-13,15H,4-5,10-11,14H2. The van der Waals surface area contributed by atoms with Crippen molar-refractivity contribution in [1.29, 1.82) is 0 Å². The summed E-state index contributed by atoms with van der Waals surface area (Å²) in [6, 6.07) is 14.4. The van der Waals surface area contributed by atoms with Gasteiger partial charge in [0.05, 0.1) is 5.54 Å². The van der Waals surface area contributed by atoms with Crippen molar-refractivity contribution < 1.29 is 4.79 Å². The smallest absolute Gasteiger partial charge is 0.210 e. The lowest BCUT2D eigenvalue weighted by Crippen LogP contribution is -2.43. The molecule has 0 saturated heterocycles. The number of aromatic nitrogens is 1. The molecule has 1 amide bonds. The number of rotatable bonds is 5. The van der Waals surface area contributed by atoms with Crippen LogP contribution in [0.15, 0.2) is 54.9 Å². The first kappa shape index (κ1) is 13.8. The molecule has 0 bridgehead atoms. The van der Waals surface area contributed by atoms with Crippen LogP contribution in [0.5, 0.6) is 0 Å². The second-order valence-corrected chi connectivity index (χ2v) is 5.70. The fourth-order valence-electron chi connectivity index (χ4n) is 3.43. The van der Waals surface area contributed by atoms with Crippen LogP contribution in [0, 0.1) is 0 Å². The summed E-state index contributed by atoms with van der Waals surface area (Å²) in [5.74, 6) is 0. The van der Waals surface area contributed by atoms with E-state index in [9.17, 15) is 4.79 Å². The molecule has 1 saturated carbocycles. The summed E-state index contributed by atoms with van der Waals surface area (Å²) >= 11 is 0. The minimum absolute atomic E-state index is 0.154. The average Bonchev–Trinajstić information content (AvgIpc) is 3.05. The van der Waals surface area contributed by atoms with Gasteiger partial charge in [-0.15, -0.1) is 0 Å². The topological polar surface area (TPSA) is 33.2 Å². The maximum absolute atomic E-state index is 11.8. The lowest BCUT2D eigenvalue weighted by molar-refractivity contribution is -0.125. The van der Waals surface area contributed by atoms with Gasteiger partial charge in [0.25, 0.3) is 0 Å². The van der Waals surface area contributed by atoms with Crippen LogP contribution in [0.4, 0.5) is 0 Å². The zero-order chi connectivity index (χ0) is 14.5. The summed E-state index contributed by atoms with van der Waals surface area (Å²) in [5.41, 5.74) is 2.17. The monoisotopic (exact) mass is 280 g/mol. The molecule has 21 heavy (non-hydrogen) atoms. The number of pyridine rings is 1. The predicted molar refractivity (Wildman–Crippen MR) is 82.4 cm³/mol. The Kier molecular flexibility index (Phi) is 4.00. The van der Waals surface area contributed by atoms with Gasteiger partial charge in [-0.25, -0.2) is 0 Å². The molecule has 3 heteroatoms. The molecule has 0 N–H and O–H groups in total. The molecular weight excluding hydrogens is 260 g/mol. The van der Waals surface area contributed by atoms with Crippen LogP contribution in [-0.2, 0) is 16.9 Å². The van der Waals surface area contributed by atoms with E-state index in [1.54, 1.807) is 6.20 Å². The first-order chi connectivity index (χ1) is 10.3. The van der Waals surface area contributed by atoms with Gasteiger partial charge in [-0.1, -0.05) is 49.2 Å². The van der Waals surface area contributed by atoms with Gasteiger partial charge in [-0.05, 0) is 30.0 Å². The third kappa shape index (κ3) is 2.68.